The molecule has 0 bridgehead atoms. The second-order valence-electron chi connectivity index (χ2n) is 7.34. The van der Waals surface area contributed by atoms with Crippen molar-refractivity contribution in [2.45, 2.75) is 63.2 Å². The normalized spacial score (nSPS) is 25.4. The van der Waals surface area contributed by atoms with Gasteiger partial charge in [-0.15, -0.1) is 24.0 Å². The summed E-state index contributed by atoms with van der Waals surface area (Å²) in [5.74, 6) is 2.29. The number of nitrogens with zero attached hydrogens (tertiary/aromatic N) is 2. The summed E-state index contributed by atoms with van der Waals surface area (Å²) in [7, 11) is 5.54. The molecule has 2 N–H and O–H groups in total. The summed E-state index contributed by atoms with van der Waals surface area (Å²) in [5.41, 5.74) is -0.253. The molecule has 0 saturated heterocycles. The Morgan fingerprint density at radius 3 is 2.52 bits per heavy atom. The highest BCUT2D eigenvalue weighted by Gasteiger charge is 2.42. The second-order valence-corrected chi connectivity index (χ2v) is 8.92. The summed E-state index contributed by atoms with van der Waals surface area (Å²) in [4.78, 5) is 18.8. The molecule has 0 heterocycles. The van der Waals surface area contributed by atoms with Crippen LogP contribution in [0.4, 0.5) is 0 Å². The smallest absolute Gasteiger partial charge is 0.230 e. The molecule has 2 rings (SSSR count). The molecule has 0 radical (unpaired) electrons. The highest BCUT2D eigenvalue weighted by Crippen LogP contribution is 2.39. The first kappa shape index (κ1) is 22.9. The minimum absolute atomic E-state index is 0. The average Bonchev–Trinajstić information content (AvgIpc) is 3.21. The third-order valence-corrected chi connectivity index (χ3v) is 6.60. The van der Waals surface area contributed by atoms with Gasteiger partial charge in [0.2, 0.25) is 5.91 Å². The van der Waals surface area contributed by atoms with Crippen LogP contribution in [0.25, 0.3) is 0 Å². The molecule has 2 aliphatic rings. The van der Waals surface area contributed by atoms with Gasteiger partial charge in [-0.25, -0.2) is 0 Å². The van der Waals surface area contributed by atoms with Crippen molar-refractivity contribution in [2.75, 3.05) is 33.4 Å². The Morgan fingerprint density at radius 2 is 1.96 bits per heavy atom. The first-order valence-corrected chi connectivity index (χ1v) is 10.4. The molecule has 0 aromatic rings. The van der Waals surface area contributed by atoms with E-state index < -0.39 is 0 Å². The minimum atomic E-state index is -0.253. The SMILES string of the molecule is CCSC1CCC(NC(=NC)NCC2(C(=O)N(C)C)CCCC2)C1.I. The fraction of sp³-hybridized carbons (Fsp3) is 0.889. The number of guanidine groups is 1. The van der Waals surface area contributed by atoms with Crippen LogP contribution in [0.15, 0.2) is 4.99 Å². The Hall–Kier alpha value is -0.180. The van der Waals surface area contributed by atoms with Crippen molar-refractivity contribution in [3.05, 3.63) is 0 Å². The molecule has 1 amide bonds. The van der Waals surface area contributed by atoms with Crippen molar-refractivity contribution < 1.29 is 4.79 Å². The highest BCUT2D eigenvalue weighted by molar-refractivity contribution is 14.0. The van der Waals surface area contributed by atoms with Crippen molar-refractivity contribution >= 4 is 47.6 Å². The van der Waals surface area contributed by atoms with Crippen LogP contribution in [0.5, 0.6) is 0 Å². The number of carbonyl (C=O) groups excluding carboxylic acids is 1. The topological polar surface area (TPSA) is 56.7 Å². The molecular formula is C18H35IN4OS. The number of nitrogens with one attached hydrogen (secondary N) is 2. The molecule has 0 aromatic heterocycles. The first-order valence-electron chi connectivity index (χ1n) is 9.31. The van der Waals surface area contributed by atoms with Gasteiger partial charge in [-0.1, -0.05) is 19.8 Å². The van der Waals surface area contributed by atoms with Crippen LogP contribution < -0.4 is 10.6 Å². The van der Waals surface area contributed by atoms with Crippen LogP contribution in [0.1, 0.15) is 51.9 Å². The third-order valence-electron chi connectivity index (χ3n) is 5.37. The van der Waals surface area contributed by atoms with E-state index >= 15 is 0 Å². The van der Waals surface area contributed by atoms with E-state index in [1.54, 1.807) is 4.90 Å². The largest absolute Gasteiger partial charge is 0.355 e. The Balaban J connectivity index is 0.00000312. The molecule has 146 valence electrons. The molecule has 0 aliphatic heterocycles. The van der Waals surface area contributed by atoms with E-state index in [4.69, 9.17) is 0 Å². The number of halogens is 1. The zero-order chi connectivity index (χ0) is 17.6. The lowest BCUT2D eigenvalue weighted by molar-refractivity contribution is -0.138. The quantitative estimate of drug-likeness (QED) is 0.347. The number of hydrogen-bond donors (Lipinski definition) is 2. The number of thioether (sulfide) groups is 1. The second kappa shape index (κ2) is 10.8. The summed E-state index contributed by atoms with van der Waals surface area (Å²) in [6.45, 7) is 2.91. The van der Waals surface area contributed by atoms with Gasteiger partial charge in [0.25, 0.3) is 0 Å². The van der Waals surface area contributed by atoms with E-state index in [1.807, 2.05) is 21.1 Å². The summed E-state index contributed by atoms with van der Waals surface area (Å²) < 4.78 is 0. The van der Waals surface area contributed by atoms with Crippen LogP contribution in [0, 0.1) is 5.41 Å². The van der Waals surface area contributed by atoms with Crippen LogP contribution in [0.2, 0.25) is 0 Å². The number of amides is 1. The van der Waals surface area contributed by atoms with Crippen LogP contribution in [0.3, 0.4) is 0 Å². The maximum Gasteiger partial charge on any atom is 0.230 e. The maximum atomic E-state index is 12.7. The first-order chi connectivity index (χ1) is 11.5. The third kappa shape index (κ3) is 6.19. The Kier molecular flexibility index (Phi) is 9.92. The van der Waals surface area contributed by atoms with Crippen molar-refractivity contribution in [1.82, 2.24) is 15.5 Å². The lowest BCUT2D eigenvalue weighted by Gasteiger charge is -2.31. The van der Waals surface area contributed by atoms with Gasteiger partial charge in [0, 0.05) is 39.0 Å². The number of hydrogen-bond acceptors (Lipinski definition) is 3. The van der Waals surface area contributed by atoms with Gasteiger partial charge < -0.3 is 15.5 Å². The molecule has 0 spiro atoms. The van der Waals surface area contributed by atoms with Gasteiger partial charge in [-0.05, 0) is 37.9 Å². The van der Waals surface area contributed by atoms with E-state index in [2.05, 4.69) is 34.3 Å². The molecule has 2 saturated carbocycles. The standard InChI is InChI=1S/C18H34N4OS.HI/c1-5-24-15-9-8-14(12-15)21-17(19-2)20-13-18(10-6-7-11-18)16(23)22(3)4;/h14-15H,5-13H2,1-4H3,(H2,19,20,21);1H. The van der Waals surface area contributed by atoms with E-state index in [-0.39, 0.29) is 35.3 Å². The summed E-state index contributed by atoms with van der Waals surface area (Å²) in [6, 6.07) is 0.504. The van der Waals surface area contributed by atoms with Crippen molar-refractivity contribution in [3.8, 4) is 0 Å². The van der Waals surface area contributed by atoms with Gasteiger partial charge >= 0.3 is 0 Å². The van der Waals surface area contributed by atoms with E-state index in [0.29, 0.717) is 12.6 Å². The van der Waals surface area contributed by atoms with Gasteiger partial charge in [0.05, 0.1) is 5.41 Å². The monoisotopic (exact) mass is 482 g/mol. The highest BCUT2D eigenvalue weighted by atomic mass is 127. The van der Waals surface area contributed by atoms with Gasteiger partial charge in [0.1, 0.15) is 0 Å². The molecule has 2 unspecified atom stereocenters. The zero-order valence-electron chi connectivity index (χ0n) is 16.1. The summed E-state index contributed by atoms with van der Waals surface area (Å²) >= 11 is 2.07. The van der Waals surface area contributed by atoms with Gasteiger partial charge in [-0.3, -0.25) is 9.79 Å². The van der Waals surface area contributed by atoms with Gasteiger partial charge in [-0.2, -0.15) is 11.8 Å². The molecule has 7 heteroatoms. The van der Waals surface area contributed by atoms with E-state index in [9.17, 15) is 4.79 Å². The lowest BCUT2D eigenvalue weighted by atomic mass is 9.84. The molecule has 0 aromatic carbocycles. The van der Waals surface area contributed by atoms with Crippen molar-refractivity contribution in [1.29, 1.82) is 0 Å². The van der Waals surface area contributed by atoms with E-state index in [0.717, 1.165) is 36.9 Å². The zero-order valence-corrected chi connectivity index (χ0v) is 19.3. The predicted molar refractivity (Wildman–Crippen MR) is 119 cm³/mol. The van der Waals surface area contributed by atoms with Gasteiger partial charge in [0.15, 0.2) is 5.96 Å². The molecule has 25 heavy (non-hydrogen) atoms. The predicted octanol–water partition coefficient (Wildman–Crippen LogP) is 3.09. The molecule has 2 aliphatic carbocycles. The molecule has 2 fully saturated rings. The maximum absolute atomic E-state index is 12.7. The Morgan fingerprint density at radius 1 is 1.28 bits per heavy atom. The van der Waals surface area contributed by atoms with Crippen molar-refractivity contribution in [3.63, 3.8) is 0 Å². The number of rotatable bonds is 6. The molecule has 2 atom stereocenters. The van der Waals surface area contributed by atoms with E-state index in [1.165, 1.54) is 25.0 Å². The number of carbonyl (C=O) groups is 1. The number of aliphatic imine (C=N–C) groups is 1. The Bertz CT molecular complexity index is 452. The fourth-order valence-corrected chi connectivity index (χ4v) is 5.23. The van der Waals surface area contributed by atoms with Crippen LogP contribution in [-0.4, -0.2) is 61.5 Å². The van der Waals surface area contributed by atoms with Crippen LogP contribution >= 0.6 is 35.7 Å². The minimum Gasteiger partial charge on any atom is -0.355 e. The lowest BCUT2D eigenvalue weighted by Crippen LogP contribution is -2.50. The summed E-state index contributed by atoms with van der Waals surface area (Å²) in [5, 5.41) is 7.79. The molecule has 5 nitrogen and oxygen atoms in total. The van der Waals surface area contributed by atoms with Crippen LogP contribution in [-0.2, 0) is 4.79 Å². The molecular weight excluding hydrogens is 447 g/mol. The summed E-state index contributed by atoms with van der Waals surface area (Å²) in [6.07, 6.45) is 7.95. The fourth-order valence-electron chi connectivity index (χ4n) is 4.09. The Labute approximate surface area is 174 Å². The van der Waals surface area contributed by atoms with Crippen molar-refractivity contribution in [2.24, 2.45) is 10.4 Å². The average molecular weight is 482 g/mol.